The number of morpholine rings is 1. The Morgan fingerprint density at radius 3 is 2.88 bits per heavy atom. The number of carbonyl (C=O) groups excluding carboxylic acids is 1. The fourth-order valence-electron chi connectivity index (χ4n) is 2.94. The van der Waals surface area contributed by atoms with Crippen LogP contribution in [0.2, 0.25) is 0 Å². The summed E-state index contributed by atoms with van der Waals surface area (Å²) in [6, 6.07) is 13.9. The molecule has 1 aliphatic rings. The molecule has 0 unspecified atom stereocenters. The molecule has 2 aromatic carbocycles. The number of ketones is 1. The third-order valence-corrected chi connectivity index (χ3v) is 4.22. The van der Waals surface area contributed by atoms with Gasteiger partial charge in [0.15, 0.2) is 0 Å². The molecule has 1 heterocycles. The number of nitriles is 1. The fraction of sp³-hybridized carbons (Fsp3) is 0.300. The number of hydrogen-bond donors (Lipinski definition) is 1. The molecule has 128 valence electrons. The summed E-state index contributed by atoms with van der Waals surface area (Å²) in [5.74, 6) is -0.469. The third-order valence-electron chi connectivity index (χ3n) is 4.22. The average Bonchev–Trinajstić information content (AvgIpc) is 2.64. The second-order valence-electron chi connectivity index (χ2n) is 6.12. The van der Waals surface area contributed by atoms with Crippen LogP contribution in [-0.4, -0.2) is 25.5 Å². The summed E-state index contributed by atoms with van der Waals surface area (Å²) in [5.41, 5.74) is 2.45. The van der Waals surface area contributed by atoms with Gasteiger partial charge in [0, 0.05) is 25.9 Å². The lowest BCUT2D eigenvalue weighted by molar-refractivity contribution is -0.117. The van der Waals surface area contributed by atoms with Gasteiger partial charge in [-0.25, -0.2) is 4.39 Å². The lowest BCUT2D eigenvalue weighted by Gasteiger charge is -2.24. The summed E-state index contributed by atoms with van der Waals surface area (Å²) in [7, 11) is 0. The summed E-state index contributed by atoms with van der Waals surface area (Å²) in [5, 5.41) is 12.1. The Morgan fingerprint density at radius 1 is 1.28 bits per heavy atom. The summed E-state index contributed by atoms with van der Waals surface area (Å²) in [6.45, 7) is 2.07. The second-order valence-corrected chi connectivity index (χ2v) is 6.12. The van der Waals surface area contributed by atoms with Gasteiger partial charge in [-0.1, -0.05) is 24.3 Å². The normalized spacial score (nSPS) is 17.0. The minimum absolute atomic E-state index is 0.0344. The van der Waals surface area contributed by atoms with Gasteiger partial charge in [-0.2, -0.15) is 5.26 Å². The van der Waals surface area contributed by atoms with Crippen molar-refractivity contribution in [3.05, 3.63) is 70.5 Å². The summed E-state index contributed by atoms with van der Waals surface area (Å²) in [6.07, 6.45) is 0.0701. The highest BCUT2D eigenvalue weighted by molar-refractivity contribution is 5.83. The van der Waals surface area contributed by atoms with Crippen LogP contribution in [0.1, 0.15) is 28.4 Å². The Morgan fingerprint density at radius 2 is 2.16 bits per heavy atom. The van der Waals surface area contributed by atoms with Gasteiger partial charge in [-0.05, 0) is 34.9 Å². The van der Waals surface area contributed by atoms with Crippen LogP contribution in [0, 0.1) is 17.1 Å². The quantitative estimate of drug-likeness (QED) is 0.910. The fourth-order valence-corrected chi connectivity index (χ4v) is 2.94. The highest BCUT2D eigenvalue weighted by atomic mass is 19.1. The van der Waals surface area contributed by atoms with Gasteiger partial charge in [0.2, 0.25) is 0 Å². The first-order valence-corrected chi connectivity index (χ1v) is 8.27. The van der Waals surface area contributed by atoms with E-state index in [-0.39, 0.29) is 30.5 Å². The molecule has 0 aromatic heterocycles. The van der Waals surface area contributed by atoms with Crippen molar-refractivity contribution >= 4 is 5.78 Å². The maximum absolute atomic E-state index is 14.4. The lowest BCUT2D eigenvalue weighted by atomic mass is 9.99. The number of ether oxygens (including phenoxy) is 1. The van der Waals surface area contributed by atoms with Gasteiger partial charge in [-0.3, -0.25) is 4.79 Å². The Kier molecular flexibility index (Phi) is 5.54. The molecule has 25 heavy (non-hydrogen) atoms. The van der Waals surface area contributed by atoms with Crippen molar-refractivity contribution in [3.8, 4) is 6.07 Å². The van der Waals surface area contributed by atoms with Crippen molar-refractivity contribution < 1.29 is 13.9 Å². The zero-order valence-electron chi connectivity index (χ0n) is 13.8. The molecule has 1 saturated heterocycles. The van der Waals surface area contributed by atoms with Crippen molar-refractivity contribution in [1.82, 2.24) is 5.32 Å². The SMILES string of the molecule is N#Cc1cccc(CC(=O)Cc2ccc([C@H]3CNCCO3)cc2F)c1. The Labute approximate surface area is 146 Å². The molecule has 1 aliphatic heterocycles. The highest BCUT2D eigenvalue weighted by Gasteiger charge is 2.18. The maximum Gasteiger partial charge on any atom is 0.141 e. The van der Waals surface area contributed by atoms with Gasteiger partial charge < -0.3 is 10.1 Å². The minimum Gasteiger partial charge on any atom is -0.371 e. The zero-order chi connectivity index (χ0) is 17.6. The van der Waals surface area contributed by atoms with Crippen LogP contribution in [0.5, 0.6) is 0 Å². The number of nitrogens with zero attached hydrogens (tertiary/aromatic N) is 1. The summed E-state index contributed by atoms with van der Waals surface area (Å²) < 4.78 is 20.0. The first-order valence-electron chi connectivity index (χ1n) is 8.27. The van der Waals surface area contributed by atoms with E-state index in [1.165, 1.54) is 6.07 Å². The van der Waals surface area contributed by atoms with Crippen LogP contribution in [0.3, 0.4) is 0 Å². The molecule has 1 N–H and O–H groups in total. The molecular weight excluding hydrogens is 319 g/mol. The van der Waals surface area contributed by atoms with E-state index in [1.54, 1.807) is 30.3 Å². The molecule has 0 aliphatic carbocycles. The second kappa shape index (κ2) is 8.02. The van der Waals surface area contributed by atoms with E-state index in [1.807, 2.05) is 12.1 Å². The van der Waals surface area contributed by atoms with Crippen LogP contribution in [0.15, 0.2) is 42.5 Å². The van der Waals surface area contributed by atoms with Crippen LogP contribution in [0.4, 0.5) is 4.39 Å². The van der Waals surface area contributed by atoms with Gasteiger partial charge in [0.05, 0.1) is 24.3 Å². The number of halogens is 1. The van der Waals surface area contributed by atoms with E-state index in [0.29, 0.717) is 24.3 Å². The zero-order valence-corrected chi connectivity index (χ0v) is 13.8. The molecule has 0 bridgehead atoms. The molecule has 1 fully saturated rings. The van der Waals surface area contributed by atoms with Crippen LogP contribution < -0.4 is 5.32 Å². The van der Waals surface area contributed by atoms with Gasteiger partial charge >= 0.3 is 0 Å². The molecule has 3 rings (SSSR count). The molecular formula is C20H19FN2O2. The monoisotopic (exact) mass is 338 g/mol. The number of benzene rings is 2. The molecule has 0 amide bonds. The predicted octanol–water partition coefficient (Wildman–Crippen LogP) is 2.71. The van der Waals surface area contributed by atoms with E-state index in [0.717, 1.165) is 17.7 Å². The number of Topliss-reactive ketones (excluding diaryl/α,β-unsaturated/α-hetero) is 1. The van der Waals surface area contributed by atoms with Crippen molar-refractivity contribution in [1.29, 1.82) is 5.26 Å². The number of rotatable bonds is 5. The van der Waals surface area contributed by atoms with Crippen LogP contribution in [0.25, 0.3) is 0 Å². The molecule has 5 heteroatoms. The van der Waals surface area contributed by atoms with E-state index in [9.17, 15) is 9.18 Å². The topological polar surface area (TPSA) is 62.1 Å². The van der Waals surface area contributed by atoms with Gasteiger partial charge in [0.1, 0.15) is 11.6 Å². The highest BCUT2D eigenvalue weighted by Crippen LogP contribution is 2.22. The summed E-state index contributed by atoms with van der Waals surface area (Å²) >= 11 is 0. The summed E-state index contributed by atoms with van der Waals surface area (Å²) in [4.78, 5) is 12.2. The maximum atomic E-state index is 14.4. The lowest BCUT2D eigenvalue weighted by Crippen LogP contribution is -2.33. The van der Waals surface area contributed by atoms with Gasteiger partial charge in [0.25, 0.3) is 0 Å². The van der Waals surface area contributed by atoms with Crippen molar-refractivity contribution in [2.45, 2.75) is 18.9 Å². The standard InChI is InChI=1S/C20H19FN2O2/c21-19-11-17(20-13-23-6-7-25-20)5-4-16(19)10-18(24)9-14-2-1-3-15(8-14)12-22/h1-5,8,11,20,23H,6-7,9-10,13H2/t20-/m1/s1. The molecule has 0 radical (unpaired) electrons. The predicted molar refractivity (Wildman–Crippen MR) is 91.5 cm³/mol. The van der Waals surface area contributed by atoms with E-state index >= 15 is 0 Å². The average molecular weight is 338 g/mol. The first-order chi connectivity index (χ1) is 12.2. The van der Waals surface area contributed by atoms with Crippen molar-refractivity contribution in [2.75, 3.05) is 19.7 Å². The molecule has 4 nitrogen and oxygen atoms in total. The number of hydrogen-bond acceptors (Lipinski definition) is 4. The van der Waals surface area contributed by atoms with E-state index in [2.05, 4.69) is 5.32 Å². The Balaban J connectivity index is 1.65. The van der Waals surface area contributed by atoms with E-state index < -0.39 is 0 Å². The number of nitrogens with one attached hydrogen (secondary N) is 1. The Hall–Kier alpha value is -2.55. The molecule has 1 atom stereocenters. The largest absolute Gasteiger partial charge is 0.371 e. The van der Waals surface area contributed by atoms with Gasteiger partial charge in [-0.15, -0.1) is 0 Å². The minimum atomic E-state index is -0.384. The number of carbonyl (C=O) groups is 1. The first kappa shape index (κ1) is 17.3. The van der Waals surface area contributed by atoms with Crippen molar-refractivity contribution in [3.63, 3.8) is 0 Å². The molecule has 2 aromatic rings. The third kappa shape index (κ3) is 4.50. The van der Waals surface area contributed by atoms with Crippen LogP contribution in [-0.2, 0) is 22.4 Å². The molecule has 0 spiro atoms. The van der Waals surface area contributed by atoms with E-state index in [4.69, 9.17) is 10.00 Å². The van der Waals surface area contributed by atoms with Crippen molar-refractivity contribution in [2.24, 2.45) is 0 Å². The smallest absolute Gasteiger partial charge is 0.141 e. The molecule has 0 saturated carbocycles. The van der Waals surface area contributed by atoms with Crippen LogP contribution >= 0.6 is 0 Å². The Bertz CT molecular complexity index is 808.